The molecule has 3 aromatic rings. The lowest BCUT2D eigenvalue weighted by molar-refractivity contribution is -0.121. The van der Waals surface area contributed by atoms with Crippen LogP contribution >= 0.6 is 0 Å². The average molecular weight is 392 g/mol. The van der Waals surface area contributed by atoms with Crippen LogP contribution in [0.25, 0.3) is 11.0 Å². The van der Waals surface area contributed by atoms with Crippen LogP contribution in [0.2, 0.25) is 0 Å². The minimum atomic E-state index is -0.369. The van der Waals surface area contributed by atoms with E-state index in [0.29, 0.717) is 29.7 Å². The molecular formula is C22H24N4O3. The Morgan fingerprint density at radius 3 is 2.55 bits per heavy atom. The fraction of sp³-hybridized carbons (Fsp3) is 0.273. The molecule has 0 aliphatic rings. The topological polar surface area (TPSA) is 93.1 Å². The molecule has 0 radical (unpaired) electrons. The highest BCUT2D eigenvalue weighted by molar-refractivity contribution is 5.97. The number of fused-ring (bicyclic) bond motifs is 1. The van der Waals surface area contributed by atoms with E-state index in [4.69, 9.17) is 0 Å². The van der Waals surface area contributed by atoms with Gasteiger partial charge in [-0.25, -0.2) is 4.98 Å². The van der Waals surface area contributed by atoms with Crippen molar-refractivity contribution in [2.75, 3.05) is 6.54 Å². The van der Waals surface area contributed by atoms with Gasteiger partial charge >= 0.3 is 0 Å². The molecule has 2 amide bonds. The first-order chi connectivity index (χ1) is 14.0. The Morgan fingerprint density at radius 1 is 1.07 bits per heavy atom. The first-order valence-corrected chi connectivity index (χ1v) is 9.58. The molecule has 7 heteroatoms. The minimum Gasteiger partial charge on any atom is -0.352 e. The summed E-state index contributed by atoms with van der Waals surface area (Å²) in [6.45, 7) is 4.83. The summed E-state index contributed by atoms with van der Waals surface area (Å²) < 4.78 is 1.36. The first kappa shape index (κ1) is 20.3. The third-order valence-electron chi connectivity index (χ3n) is 4.56. The molecule has 0 saturated heterocycles. The largest absolute Gasteiger partial charge is 0.352 e. The Morgan fingerprint density at radius 2 is 1.83 bits per heavy atom. The van der Waals surface area contributed by atoms with E-state index in [1.807, 2.05) is 38.1 Å². The van der Waals surface area contributed by atoms with Crippen molar-refractivity contribution in [3.05, 3.63) is 75.7 Å². The summed E-state index contributed by atoms with van der Waals surface area (Å²) in [6, 6.07) is 12.8. The summed E-state index contributed by atoms with van der Waals surface area (Å²) in [5.74, 6) is -0.464. The molecule has 150 valence electrons. The van der Waals surface area contributed by atoms with E-state index in [2.05, 4.69) is 15.6 Å². The Bertz CT molecular complexity index is 1090. The van der Waals surface area contributed by atoms with Crippen LogP contribution < -0.4 is 16.2 Å². The van der Waals surface area contributed by atoms with Crippen LogP contribution in [0.3, 0.4) is 0 Å². The lowest BCUT2D eigenvalue weighted by Crippen LogP contribution is -2.32. The summed E-state index contributed by atoms with van der Waals surface area (Å²) in [7, 11) is 0. The van der Waals surface area contributed by atoms with Gasteiger partial charge in [-0.3, -0.25) is 19.0 Å². The smallest absolute Gasteiger partial charge is 0.269 e. The molecule has 1 aromatic heterocycles. The van der Waals surface area contributed by atoms with Crippen LogP contribution in [0, 0.1) is 6.92 Å². The molecule has 0 atom stereocenters. The summed E-state index contributed by atoms with van der Waals surface area (Å²) in [5, 5.41) is 5.64. The Hall–Kier alpha value is -3.48. The monoisotopic (exact) mass is 392 g/mol. The third kappa shape index (κ3) is 5.07. The number of aryl methyl sites for hydroxylation is 1. The molecule has 3 rings (SSSR count). The Kier molecular flexibility index (Phi) is 6.39. The van der Waals surface area contributed by atoms with Crippen LogP contribution in [0.5, 0.6) is 0 Å². The van der Waals surface area contributed by atoms with Crippen molar-refractivity contribution >= 4 is 22.8 Å². The lowest BCUT2D eigenvalue weighted by atomic mass is 10.1. The molecule has 0 bridgehead atoms. The zero-order chi connectivity index (χ0) is 20.8. The molecule has 29 heavy (non-hydrogen) atoms. The van der Waals surface area contributed by atoms with Crippen molar-refractivity contribution in [1.82, 2.24) is 20.2 Å². The minimum absolute atomic E-state index is 0.120. The van der Waals surface area contributed by atoms with Crippen molar-refractivity contribution in [1.29, 1.82) is 0 Å². The van der Waals surface area contributed by atoms with Crippen molar-refractivity contribution in [3.63, 3.8) is 0 Å². The molecule has 1 heterocycles. The van der Waals surface area contributed by atoms with Crippen LogP contribution in [-0.2, 0) is 17.9 Å². The number of amides is 2. The number of hydrogen-bond acceptors (Lipinski definition) is 4. The number of benzene rings is 2. The van der Waals surface area contributed by atoms with Gasteiger partial charge in [0.2, 0.25) is 5.91 Å². The summed E-state index contributed by atoms with van der Waals surface area (Å²) in [6.07, 6.45) is 2.01. The van der Waals surface area contributed by atoms with Crippen LogP contribution in [0.4, 0.5) is 0 Å². The second-order valence-electron chi connectivity index (χ2n) is 6.90. The highest BCUT2D eigenvalue weighted by Gasteiger charge is 2.12. The first-order valence-electron chi connectivity index (χ1n) is 9.58. The number of carbonyl (C=O) groups is 2. The highest BCUT2D eigenvalue weighted by Crippen LogP contribution is 2.12. The van der Waals surface area contributed by atoms with E-state index in [0.717, 1.165) is 17.5 Å². The second kappa shape index (κ2) is 9.14. The standard InChI is InChI=1S/C22H24N4O3/c1-3-10-23-22(29)17-8-9-19-18(11-17)24-13-21(28)26(19)14-20(27)25-12-16-6-4-15(2)5-7-16/h4-9,11,13H,3,10,12,14H2,1-2H3,(H,23,29)(H,25,27). The quantitative estimate of drug-likeness (QED) is 0.644. The van der Waals surface area contributed by atoms with Gasteiger partial charge in [-0.2, -0.15) is 0 Å². The zero-order valence-electron chi connectivity index (χ0n) is 16.6. The van der Waals surface area contributed by atoms with Gasteiger partial charge in [0, 0.05) is 18.7 Å². The van der Waals surface area contributed by atoms with Gasteiger partial charge in [-0.1, -0.05) is 36.8 Å². The molecule has 0 aliphatic carbocycles. The molecule has 7 nitrogen and oxygen atoms in total. The van der Waals surface area contributed by atoms with E-state index in [-0.39, 0.29) is 23.9 Å². The maximum absolute atomic E-state index is 12.4. The van der Waals surface area contributed by atoms with E-state index < -0.39 is 0 Å². The third-order valence-corrected chi connectivity index (χ3v) is 4.56. The SMILES string of the molecule is CCCNC(=O)c1ccc2c(c1)ncc(=O)n2CC(=O)NCc1ccc(C)cc1. The van der Waals surface area contributed by atoms with Crippen LogP contribution in [0.15, 0.2) is 53.5 Å². The van der Waals surface area contributed by atoms with Gasteiger partial charge in [0.05, 0.1) is 17.2 Å². The van der Waals surface area contributed by atoms with Crippen LogP contribution in [-0.4, -0.2) is 27.9 Å². The highest BCUT2D eigenvalue weighted by atomic mass is 16.2. The van der Waals surface area contributed by atoms with Crippen molar-refractivity contribution in [2.45, 2.75) is 33.4 Å². The van der Waals surface area contributed by atoms with Crippen molar-refractivity contribution in [3.8, 4) is 0 Å². The second-order valence-corrected chi connectivity index (χ2v) is 6.90. The number of hydrogen-bond donors (Lipinski definition) is 2. The molecule has 2 N–H and O–H groups in total. The zero-order valence-corrected chi connectivity index (χ0v) is 16.6. The van der Waals surface area contributed by atoms with Gasteiger partial charge in [-0.05, 0) is 37.1 Å². The summed E-state index contributed by atoms with van der Waals surface area (Å²) in [5.41, 5.74) is 3.23. The Labute approximate surface area is 168 Å². The number of nitrogens with one attached hydrogen (secondary N) is 2. The van der Waals surface area contributed by atoms with Gasteiger partial charge in [0.15, 0.2) is 0 Å². The van der Waals surface area contributed by atoms with Gasteiger partial charge in [0.25, 0.3) is 11.5 Å². The van der Waals surface area contributed by atoms with Crippen molar-refractivity contribution in [2.24, 2.45) is 0 Å². The van der Waals surface area contributed by atoms with E-state index >= 15 is 0 Å². The van der Waals surface area contributed by atoms with E-state index in [9.17, 15) is 14.4 Å². The molecule has 0 fully saturated rings. The average Bonchev–Trinajstić information content (AvgIpc) is 2.73. The fourth-order valence-electron chi connectivity index (χ4n) is 2.92. The maximum Gasteiger partial charge on any atom is 0.269 e. The van der Waals surface area contributed by atoms with Gasteiger partial charge in [-0.15, -0.1) is 0 Å². The predicted octanol–water partition coefficient (Wildman–Crippen LogP) is 2.16. The molecular weight excluding hydrogens is 368 g/mol. The van der Waals surface area contributed by atoms with Crippen molar-refractivity contribution < 1.29 is 9.59 Å². The summed E-state index contributed by atoms with van der Waals surface area (Å²) in [4.78, 5) is 40.9. The molecule has 0 unspecified atom stereocenters. The molecule has 0 spiro atoms. The summed E-state index contributed by atoms with van der Waals surface area (Å²) >= 11 is 0. The van der Waals surface area contributed by atoms with Crippen LogP contribution in [0.1, 0.15) is 34.8 Å². The maximum atomic E-state index is 12.4. The fourth-order valence-corrected chi connectivity index (χ4v) is 2.92. The van der Waals surface area contributed by atoms with Gasteiger partial charge < -0.3 is 10.6 Å². The predicted molar refractivity (Wildman–Crippen MR) is 112 cm³/mol. The molecule has 2 aromatic carbocycles. The normalized spacial score (nSPS) is 10.7. The van der Waals surface area contributed by atoms with E-state index in [1.54, 1.807) is 18.2 Å². The number of nitrogens with zero attached hydrogens (tertiary/aromatic N) is 2. The molecule has 0 aliphatic heterocycles. The number of aromatic nitrogens is 2. The van der Waals surface area contributed by atoms with E-state index in [1.165, 1.54) is 10.8 Å². The lowest BCUT2D eigenvalue weighted by Gasteiger charge is -2.11. The van der Waals surface area contributed by atoms with Gasteiger partial charge in [0.1, 0.15) is 6.54 Å². The molecule has 0 saturated carbocycles. The Balaban J connectivity index is 1.76. The number of rotatable bonds is 7. The number of carbonyl (C=O) groups excluding carboxylic acids is 2.